The van der Waals surface area contributed by atoms with Crippen LogP contribution >= 0.6 is 11.3 Å². The number of aromatic nitrogens is 1. The molecule has 0 bridgehead atoms. The largest absolute Gasteiger partial charge is 0.488 e. The van der Waals surface area contributed by atoms with Gasteiger partial charge in [-0.05, 0) is 48.4 Å². The highest BCUT2D eigenvalue weighted by Crippen LogP contribution is 2.23. The van der Waals surface area contributed by atoms with Crippen molar-refractivity contribution in [3.8, 4) is 5.75 Å². The lowest BCUT2D eigenvalue weighted by Gasteiger charge is -2.15. The standard InChI is InChI=1S/C22H21N3O5S/c1-15(14-29-2)30-20-12-17(4-3-16-5-7-19(8-6-16)25(27)28)11-18(13-20)21(26)24-22-23-9-10-31-22/h3-13,15H,14H2,1-2H3,(H,23,24,26)/b4-3+/t15-/m0/s1. The van der Waals surface area contributed by atoms with Crippen molar-refractivity contribution in [1.82, 2.24) is 4.98 Å². The van der Waals surface area contributed by atoms with E-state index in [0.717, 1.165) is 11.1 Å². The van der Waals surface area contributed by atoms with Crippen LogP contribution < -0.4 is 10.1 Å². The van der Waals surface area contributed by atoms with Crippen molar-refractivity contribution in [3.05, 3.63) is 80.8 Å². The predicted octanol–water partition coefficient (Wildman–Crippen LogP) is 4.89. The minimum Gasteiger partial charge on any atom is -0.488 e. The fourth-order valence-electron chi connectivity index (χ4n) is 2.77. The summed E-state index contributed by atoms with van der Waals surface area (Å²) in [7, 11) is 1.59. The van der Waals surface area contributed by atoms with Crippen LogP contribution in [0.3, 0.4) is 0 Å². The second-order valence-electron chi connectivity index (χ2n) is 6.65. The summed E-state index contributed by atoms with van der Waals surface area (Å²) in [5.41, 5.74) is 1.98. The Kier molecular flexibility index (Phi) is 7.47. The number of benzene rings is 2. The van der Waals surface area contributed by atoms with Crippen molar-refractivity contribution in [1.29, 1.82) is 0 Å². The molecule has 2 aromatic carbocycles. The van der Waals surface area contributed by atoms with Gasteiger partial charge in [-0.3, -0.25) is 20.2 Å². The van der Waals surface area contributed by atoms with Gasteiger partial charge in [-0.2, -0.15) is 0 Å². The molecule has 9 heteroatoms. The van der Waals surface area contributed by atoms with E-state index in [9.17, 15) is 14.9 Å². The van der Waals surface area contributed by atoms with Gasteiger partial charge in [0.05, 0.1) is 11.5 Å². The normalized spacial score (nSPS) is 11.9. The lowest BCUT2D eigenvalue weighted by Crippen LogP contribution is -2.18. The number of nitrogens with one attached hydrogen (secondary N) is 1. The minimum absolute atomic E-state index is 0.0285. The van der Waals surface area contributed by atoms with Crippen LogP contribution in [0.5, 0.6) is 5.75 Å². The molecule has 0 radical (unpaired) electrons. The number of non-ortho nitro benzene ring substituents is 1. The van der Waals surface area contributed by atoms with Gasteiger partial charge in [0.25, 0.3) is 11.6 Å². The maximum atomic E-state index is 12.7. The van der Waals surface area contributed by atoms with Crippen LogP contribution in [-0.2, 0) is 4.74 Å². The molecule has 0 saturated heterocycles. The molecule has 0 saturated carbocycles. The maximum Gasteiger partial charge on any atom is 0.269 e. The Morgan fingerprint density at radius 3 is 2.61 bits per heavy atom. The summed E-state index contributed by atoms with van der Waals surface area (Å²) in [5, 5.41) is 15.8. The van der Waals surface area contributed by atoms with E-state index in [1.165, 1.54) is 23.5 Å². The van der Waals surface area contributed by atoms with Crippen molar-refractivity contribution < 1.29 is 19.2 Å². The monoisotopic (exact) mass is 439 g/mol. The molecule has 1 heterocycles. The quantitative estimate of drug-likeness (QED) is 0.289. The van der Waals surface area contributed by atoms with E-state index in [1.807, 2.05) is 25.1 Å². The van der Waals surface area contributed by atoms with E-state index >= 15 is 0 Å². The third-order valence-corrected chi connectivity index (χ3v) is 4.84. The molecule has 1 aromatic heterocycles. The van der Waals surface area contributed by atoms with Crippen molar-refractivity contribution in [2.24, 2.45) is 0 Å². The first-order valence-electron chi connectivity index (χ1n) is 9.38. The molecule has 0 aliphatic carbocycles. The lowest BCUT2D eigenvalue weighted by atomic mass is 10.1. The Morgan fingerprint density at radius 2 is 1.97 bits per heavy atom. The van der Waals surface area contributed by atoms with Crippen LogP contribution in [0.2, 0.25) is 0 Å². The first-order valence-corrected chi connectivity index (χ1v) is 10.3. The van der Waals surface area contributed by atoms with E-state index < -0.39 is 4.92 Å². The number of nitrogens with zero attached hydrogens (tertiary/aromatic N) is 2. The molecule has 1 N–H and O–H groups in total. The van der Waals surface area contributed by atoms with Gasteiger partial charge in [-0.1, -0.05) is 12.2 Å². The number of carbonyl (C=O) groups is 1. The number of hydrogen-bond donors (Lipinski definition) is 1. The molecule has 0 aliphatic heterocycles. The number of hydrogen-bond acceptors (Lipinski definition) is 7. The van der Waals surface area contributed by atoms with Gasteiger partial charge in [0.15, 0.2) is 5.13 Å². The Morgan fingerprint density at radius 1 is 1.23 bits per heavy atom. The van der Waals surface area contributed by atoms with Crippen molar-refractivity contribution in [2.45, 2.75) is 13.0 Å². The summed E-state index contributed by atoms with van der Waals surface area (Å²) in [6, 6.07) is 11.4. The first-order chi connectivity index (χ1) is 14.9. The second-order valence-corrected chi connectivity index (χ2v) is 7.54. The third kappa shape index (κ3) is 6.46. The zero-order valence-corrected chi connectivity index (χ0v) is 17.8. The second kappa shape index (κ2) is 10.5. The van der Waals surface area contributed by atoms with Crippen LogP contribution in [-0.4, -0.2) is 35.6 Å². The van der Waals surface area contributed by atoms with Gasteiger partial charge in [-0.25, -0.2) is 4.98 Å². The van der Waals surface area contributed by atoms with Gasteiger partial charge >= 0.3 is 0 Å². The number of anilines is 1. The molecular weight excluding hydrogens is 418 g/mol. The molecule has 31 heavy (non-hydrogen) atoms. The summed E-state index contributed by atoms with van der Waals surface area (Å²) in [5.74, 6) is 0.226. The highest BCUT2D eigenvalue weighted by molar-refractivity contribution is 7.13. The topological polar surface area (TPSA) is 104 Å². The fourth-order valence-corrected chi connectivity index (χ4v) is 3.30. The molecule has 8 nitrogen and oxygen atoms in total. The number of rotatable bonds is 9. The fraction of sp³-hybridized carbons (Fsp3) is 0.182. The summed E-state index contributed by atoms with van der Waals surface area (Å²) < 4.78 is 11.0. The van der Waals surface area contributed by atoms with Crippen LogP contribution in [0.1, 0.15) is 28.4 Å². The number of amides is 1. The Balaban J connectivity index is 1.86. The molecule has 1 amide bonds. The molecule has 160 valence electrons. The number of carbonyl (C=O) groups excluding carboxylic acids is 1. The zero-order valence-electron chi connectivity index (χ0n) is 17.0. The highest BCUT2D eigenvalue weighted by atomic mass is 32.1. The van der Waals surface area contributed by atoms with Crippen molar-refractivity contribution in [3.63, 3.8) is 0 Å². The van der Waals surface area contributed by atoms with Gasteiger partial charge in [-0.15, -0.1) is 11.3 Å². The third-order valence-electron chi connectivity index (χ3n) is 4.15. The van der Waals surface area contributed by atoms with Crippen LogP contribution in [0.4, 0.5) is 10.8 Å². The van der Waals surface area contributed by atoms with Crippen molar-refractivity contribution >= 4 is 40.2 Å². The van der Waals surface area contributed by atoms with E-state index in [4.69, 9.17) is 9.47 Å². The zero-order chi connectivity index (χ0) is 22.2. The van der Waals surface area contributed by atoms with Gasteiger partial charge < -0.3 is 9.47 Å². The lowest BCUT2D eigenvalue weighted by molar-refractivity contribution is -0.384. The van der Waals surface area contributed by atoms with Crippen LogP contribution in [0.25, 0.3) is 12.2 Å². The van der Waals surface area contributed by atoms with Gasteiger partial charge in [0.2, 0.25) is 0 Å². The Hall–Kier alpha value is -3.56. The van der Waals surface area contributed by atoms with Crippen LogP contribution in [0.15, 0.2) is 54.0 Å². The summed E-state index contributed by atoms with van der Waals surface area (Å²) in [4.78, 5) is 27.1. The van der Waals surface area contributed by atoms with E-state index in [0.29, 0.717) is 23.1 Å². The van der Waals surface area contributed by atoms with E-state index in [2.05, 4.69) is 10.3 Å². The Bertz CT molecular complexity index is 1070. The molecular formula is C22H21N3O5S. The number of thiazole rings is 1. The van der Waals surface area contributed by atoms with Gasteiger partial charge in [0.1, 0.15) is 11.9 Å². The number of methoxy groups -OCH3 is 1. The number of nitro benzene ring substituents is 1. The summed E-state index contributed by atoms with van der Waals surface area (Å²) in [6.45, 7) is 2.28. The van der Waals surface area contributed by atoms with E-state index in [1.54, 1.807) is 43.0 Å². The average molecular weight is 439 g/mol. The van der Waals surface area contributed by atoms with Crippen molar-refractivity contribution in [2.75, 3.05) is 19.0 Å². The summed E-state index contributed by atoms with van der Waals surface area (Å²) in [6.07, 6.45) is 5.04. The average Bonchev–Trinajstić information content (AvgIpc) is 3.25. The minimum atomic E-state index is -0.442. The molecule has 0 aliphatic rings. The highest BCUT2D eigenvalue weighted by Gasteiger charge is 2.12. The maximum absolute atomic E-state index is 12.7. The predicted molar refractivity (Wildman–Crippen MR) is 120 cm³/mol. The molecule has 3 rings (SSSR count). The van der Waals surface area contributed by atoms with Crippen LogP contribution in [0, 0.1) is 10.1 Å². The molecule has 0 unspecified atom stereocenters. The Labute approximate surface area is 183 Å². The molecule has 0 spiro atoms. The van der Waals surface area contributed by atoms with E-state index in [-0.39, 0.29) is 17.7 Å². The number of ether oxygens (including phenoxy) is 2. The molecule has 3 aromatic rings. The molecule has 0 fully saturated rings. The van der Waals surface area contributed by atoms with Gasteiger partial charge in [0, 0.05) is 36.4 Å². The first kappa shape index (κ1) is 22.1. The SMILES string of the molecule is COC[C@H](C)Oc1cc(/C=C/c2ccc([N+](=O)[O-])cc2)cc(C(=O)Nc2nccs2)c1. The number of nitro groups is 1. The smallest absolute Gasteiger partial charge is 0.269 e. The summed E-state index contributed by atoms with van der Waals surface area (Å²) >= 11 is 1.33. The molecule has 1 atom stereocenters.